The van der Waals surface area contributed by atoms with E-state index in [4.69, 9.17) is 14.2 Å². The van der Waals surface area contributed by atoms with E-state index in [1.165, 1.54) is 18.1 Å². The lowest BCUT2D eigenvalue weighted by molar-refractivity contribution is -0.132. The highest BCUT2D eigenvalue weighted by atomic mass is 32.1. The van der Waals surface area contributed by atoms with Crippen molar-refractivity contribution in [3.63, 3.8) is 0 Å². The smallest absolute Gasteiger partial charge is 0.350 e. The Morgan fingerprint density at radius 1 is 1.18 bits per heavy atom. The quantitative estimate of drug-likeness (QED) is 0.129. The molecule has 1 atom stereocenters. The second-order valence-electron chi connectivity index (χ2n) is 8.62. The van der Waals surface area contributed by atoms with Gasteiger partial charge < -0.3 is 19.3 Å². The van der Waals surface area contributed by atoms with Crippen LogP contribution in [-0.2, 0) is 14.3 Å². The number of hydrogen-bond donors (Lipinski definition) is 1. The molecule has 2 aromatic carbocycles. The molecule has 3 aromatic rings. The summed E-state index contributed by atoms with van der Waals surface area (Å²) in [4.78, 5) is 45.5. The number of benzene rings is 2. The Kier molecular flexibility index (Phi) is 8.15. The van der Waals surface area contributed by atoms with Crippen LogP contribution in [0.4, 0.5) is 5.13 Å². The number of aliphatic hydroxyl groups excluding tert-OH is 1. The summed E-state index contributed by atoms with van der Waals surface area (Å²) < 4.78 is 16.3. The maximum atomic E-state index is 13.5. The number of methoxy groups -OCH3 is 1. The standard InChI is InChI=1S/C29H28N2O7S/c1-6-14-38-28(35)26-17(4)30-29(39-26)31-23(19-10-8-9-11-21(19)37-7-2)22(25(33)27(31)34)24(32)18-12-13-20(36-5)16(3)15-18/h6,8-13,15,23,32H,1,7,14H2,2-5H3/b24-22+/t23-/m1/s1. The number of anilines is 1. The minimum Gasteiger partial charge on any atom is -0.507 e. The number of rotatable bonds is 9. The highest BCUT2D eigenvalue weighted by Gasteiger charge is 2.49. The minimum absolute atomic E-state index is 0.0129. The third-order valence-corrected chi connectivity index (χ3v) is 7.27. The lowest BCUT2D eigenvalue weighted by Gasteiger charge is -2.24. The highest BCUT2D eigenvalue weighted by molar-refractivity contribution is 7.17. The van der Waals surface area contributed by atoms with Gasteiger partial charge in [-0.15, -0.1) is 0 Å². The van der Waals surface area contributed by atoms with Crippen molar-refractivity contribution in [3.05, 3.63) is 88.0 Å². The first-order chi connectivity index (χ1) is 18.7. The van der Waals surface area contributed by atoms with Crippen molar-refractivity contribution in [1.29, 1.82) is 0 Å². The number of thiazole rings is 1. The van der Waals surface area contributed by atoms with Crippen molar-refractivity contribution in [2.45, 2.75) is 26.8 Å². The molecule has 9 nitrogen and oxygen atoms in total. The molecule has 0 spiro atoms. The first-order valence-electron chi connectivity index (χ1n) is 12.2. The SMILES string of the molecule is C=CCOC(=O)c1sc(N2C(=O)C(=O)/C(=C(/O)c3ccc(OC)c(C)c3)[C@H]2c2ccccc2OCC)nc1C. The maximum absolute atomic E-state index is 13.5. The molecule has 0 bridgehead atoms. The fourth-order valence-electron chi connectivity index (χ4n) is 4.37. The van der Waals surface area contributed by atoms with Crippen LogP contribution in [-0.4, -0.2) is 48.1 Å². The summed E-state index contributed by atoms with van der Waals surface area (Å²) in [6.45, 7) is 9.13. The van der Waals surface area contributed by atoms with E-state index in [0.717, 1.165) is 16.9 Å². The van der Waals surface area contributed by atoms with Crippen molar-refractivity contribution in [1.82, 2.24) is 4.98 Å². The Morgan fingerprint density at radius 2 is 1.92 bits per heavy atom. The molecule has 0 unspecified atom stereocenters. The van der Waals surface area contributed by atoms with Crippen LogP contribution in [0.25, 0.3) is 5.76 Å². The van der Waals surface area contributed by atoms with E-state index in [9.17, 15) is 19.5 Å². The van der Waals surface area contributed by atoms with Gasteiger partial charge in [0, 0.05) is 11.1 Å². The third kappa shape index (κ3) is 5.15. The topological polar surface area (TPSA) is 115 Å². The first kappa shape index (κ1) is 27.6. The number of amides is 1. The molecule has 1 aliphatic rings. The number of aliphatic hydroxyl groups is 1. The molecule has 39 heavy (non-hydrogen) atoms. The Morgan fingerprint density at radius 3 is 2.59 bits per heavy atom. The van der Waals surface area contributed by atoms with E-state index in [1.807, 2.05) is 6.92 Å². The summed E-state index contributed by atoms with van der Waals surface area (Å²) in [6.07, 6.45) is 1.44. The van der Waals surface area contributed by atoms with E-state index in [-0.39, 0.29) is 27.9 Å². The zero-order valence-electron chi connectivity index (χ0n) is 22.0. The van der Waals surface area contributed by atoms with Crippen LogP contribution in [0.3, 0.4) is 0 Å². The van der Waals surface area contributed by atoms with E-state index >= 15 is 0 Å². The molecule has 1 aliphatic heterocycles. The summed E-state index contributed by atoms with van der Waals surface area (Å²) in [5.74, 6) is -1.70. The summed E-state index contributed by atoms with van der Waals surface area (Å²) >= 11 is 0.927. The number of ketones is 1. The predicted octanol–water partition coefficient (Wildman–Crippen LogP) is 5.14. The first-order valence-corrected chi connectivity index (χ1v) is 13.0. The molecule has 1 fully saturated rings. The van der Waals surface area contributed by atoms with Gasteiger partial charge in [0.25, 0.3) is 5.78 Å². The number of hydrogen-bond acceptors (Lipinski definition) is 9. The van der Waals surface area contributed by atoms with Gasteiger partial charge in [0.05, 0.1) is 25.0 Å². The van der Waals surface area contributed by atoms with Crippen molar-refractivity contribution >= 4 is 39.9 Å². The number of aryl methyl sites for hydroxylation is 2. The van der Waals surface area contributed by atoms with Crippen molar-refractivity contribution in [2.24, 2.45) is 0 Å². The van der Waals surface area contributed by atoms with Crippen LogP contribution in [0.2, 0.25) is 0 Å². The molecule has 1 N–H and O–H groups in total. The van der Waals surface area contributed by atoms with E-state index in [0.29, 0.717) is 34.9 Å². The minimum atomic E-state index is -1.07. The van der Waals surface area contributed by atoms with Crippen molar-refractivity contribution in [2.75, 3.05) is 25.2 Å². The highest BCUT2D eigenvalue weighted by Crippen LogP contribution is 2.46. The number of esters is 1. The van der Waals surface area contributed by atoms with Crippen LogP contribution >= 0.6 is 11.3 Å². The Hall–Kier alpha value is -4.44. The second-order valence-corrected chi connectivity index (χ2v) is 9.60. The summed E-state index contributed by atoms with van der Waals surface area (Å²) in [5.41, 5.74) is 1.78. The second kappa shape index (κ2) is 11.5. The van der Waals surface area contributed by atoms with Crippen molar-refractivity contribution in [3.8, 4) is 11.5 Å². The van der Waals surface area contributed by atoms with Gasteiger partial charge in [-0.25, -0.2) is 9.78 Å². The molecular formula is C29H28N2O7S. The number of carbonyl (C=O) groups is 3. The van der Waals surface area contributed by atoms with Gasteiger partial charge in [0.2, 0.25) is 0 Å². The van der Waals surface area contributed by atoms with Gasteiger partial charge in [0.15, 0.2) is 5.13 Å². The Balaban J connectivity index is 1.93. The fraction of sp³-hybridized carbons (Fsp3) is 0.241. The molecular weight excluding hydrogens is 520 g/mol. The van der Waals surface area contributed by atoms with Crippen LogP contribution < -0.4 is 14.4 Å². The average Bonchev–Trinajstić information content (AvgIpc) is 3.43. The molecule has 202 valence electrons. The fourth-order valence-corrected chi connectivity index (χ4v) is 5.36. The number of nitrogens with zero attached hydrogens (tertiary/aromatic N) is 2. The van der Waals surface area contributed by atoms with Gasteiger partial charge in [-0.05, 0) is 50.6 Å². The Labute approximate surface area is 230 Å². The molecule has 10 heteroatoms. The van der Waals surface area contributed by atoms with Gasteiger partial charge in [-0.3, -0.25) is 14.5 Å². The molecule has 1 aromatic heterocycles. The summed E-state index contributed by atoms with van der Waals surface area (Å²) in [6, 6.07) is 10.9. The van der Waals surface area contributed by atoms with Crippen LogP contribution in [0, 0.1) is 13.8 Å². The largest absolute Gasteiger partial charge is 0.507 e. The van der Waals surface area contributed by atoms with E-state index in [1.54, 1.807) is 56.3 Å². The molecule has 0 aliphatic carbocycles. The molecule has 0 radical (unpaired) electrons. The predicted molar refractivity (Wildman–Crippen MR) is 147 cm³/mol. The molecule has 0 saturated carbocycles. The number of aromatic nitrogens is 1. The normalized spacial score (nSPS) is 16.3. The van der Waals surface area contributed by atoms with E-state index < -0.39 is 23.7 Å². The van der Waals surface area contributed by atoms with Gasteiger partial charge >= 0.3 is 11.9 Å². The summed E-state index contributed by atoms with van der Waals surface area (Å²) in [5, 5.41) is 11.6. The average molecular weight is 549 g/mol. The van der Waals surface area contributed by atoms with Crippen LogP contribution in [0.15, 0.2) is 60.7 Å². The number of ether oxygens (including phenoxy) is 3. The molecule has 2 heterocycles. The lowest BCUT2D eigenvalue weighted by Crippen LogP contribution is -2.29. The zero-order valence-corrected chi connectivity index (χ0v) is 22.8. The van der Waals surface area contributed by atoms with Gasteiger partial charge in [-0.2, -0.15) is 0 Å². The lowest BCUT2D eigenvalue weighted by atomic mass is 9.94. The third-order valence-electron chi connectivity index (χ3n) is 6.14. The van der Waals surface area contributed by atoms with Crippen molar-refractivity contribution < 1.29 is 33.7 Å². The van der Waals surface area contributed by atoms with Gasteiger partial charge in [-0.1, -0.05) is 42.2 Å². The Bertz CT molecular complexity index is 1490. The number of Topliss-reactive ketones (excluding diaryl/α,β-unsaturated/α-hetero) is 1. The number of carbonyl (C=O) groups excluding carboxylic acids is 3. The number of para-hydroxylation sites is 1. The summed E-state index contributed by atoms with van der Waals surface area (Å²) in [7, 11) is 1.54. The van der Waals surface area contributed by atoms with E-state index in [2.05, 4.69) is 11.6 Å². The maximum Gasteiger partial charge on any atom is 0.350 e. The molecule has 1 amide bonds. The van der Waals surface area contributed by atoms with Crippen LogP contribution in [0.1, 0.15) is 45.0 Å². The van der Waals surface area contributed by atoms with Gasteiger partial charge in [0.1, 0.15) is 34.8 Å². The zero-order chi connectivity index (χ0) is 28.3. The monoisotopic (exact) mass is 548 g/mol. The van der Waals surface area contributed by atoms with Crippen LogP contribution in [0.5, 0.6) is 11.5 Å². The molecule has 1 saturated heterocycles. The molecule has 4 rings (SSSR count).